The standard InChI is InChI=1S/C14H25N5S/c1-2-15-10-11-5-7-19(8-6-11)14-16-13(17-18-14)12-4-3-9-20-12/h11-12,15H,2-10H2,1H3,(H,16,17,18). The average Bonchev–Trinajstić information content (AvgIpc) is 3.16. The van der Waals surface area contributed by atoms with E-state index in [0.29, 0.717) is 5.25 Å². The summed E-state index contributed by atoms with van der Waals surface area (Å²) < 4.78 is 0. The Morgan fingerprint density at radius 1 is 1.35 bits per heavy atom. The van der Waals surface area contributed by atoms with Crippen molar-refractivity contribution in [1.82, 2.24) is 20.5 Å². The summed E-state index contributed by atoms with van der Waals surface area (Å²) in [5.41, 5.74) is 0. The summed E-state index contributed by atoms with van der Waals surface area (Å²) in [5.74, 6) is 4.07. The van der Waals surface area contributed by atoms with Crippen molar-refractivity contribution in [3.05, 3.63) is 5.82 Å². The summed E-state index contributed by atoms with van der Waals surface area (Å²) in [4.78, 5) is 7.06. The van der Waals surface area contributed by atoms with Gasteiger partial charge in [-0.15, -0.1) is 5.10 Å². The van der Waals surface area contributed by atoms with Gasteiger partial charge in [0.15, 0.2) is 0 Å². The van der Waals surface area contributed by atoms with Crippen molar-refractivity contribution in [3.8, 4) is 0 Å². The van der Waals surface area contributed by atoms with Crippen LogP contribution < -0.4 is 10.2 Å². The zero-order valence-electron chi connectivity index (χ0n) is 12.3. The van der Waals surface area contributed by atoms with Gasteiger partial charge in [0.05, 0.1) is 5.25 Å². The Bertz CT molecular complexity index is 407. The second kappa shape index (κ2) is 6.80. The fourth-order valence-corrected chi connectivity index (χ4v) is 4.24. The van der Waals surface area contributed by atoms with E-state index in [4.69, 9.17) is 4.98 Å². The van der Waals surface area contributed by atoms with E-state index in [-0.39, 0.29) is 0 Å². The molecule has 0 bridgehead atoms. The van der Waals surface area contributed by atoms with Crippen LogP contribution >= 0.6 is 11.8 Å². The van der Waals surface area contributed by atoms with Gasteiger partial charge in [0, 0.05) is 13.1 Å². The molecule has 2 fully saturated rings. The Kier molecular flexibility index (Phi) is 4.83. The minimum Gasteiger partial charge on any atom is -0.340 e. The highest BCUT2D eigenvalue weighted by atomic mass is 32.2. The van der Waals surface area contributed by atoms with Crippen LogP contribution in [0.25, 0.3) is 0 Å². The summed E-state index contributed by atoms with van der Waals surface area (Å²) in [5, 5.41) is 11.6. The fourth-order valence-electron chi connectivity index (χ4n) is 3.03. The molecule has 0 spiro atoms. The molecule has 5 nitrogen and oxygen atoms in total. The van der Waals surface area contributed by atoms with Gasteiger partial charge in [0.2, 0.25) is 5.95 Å². The minimum absolute atomic E-state index is 0.544. The Morgan fingerprint density at radius 2 is 2.20 bits per heavy atom. The number of thioether (sulfide) groups is 1. The Labute approximate surface area is 125 Å². The van der Waals surface area contributed by atoms with Crippen molar-refractivity contribution < 1.29 is 0 Å². The van der Waals surface area contributed by atoms with E-state index in [2.05, 4.69) is 27.3 Å². The van der Waals surface area contributed by atoms with Gasteiger partial charge in [-0.25, -0.2) is 0 Å². The monoisotopic (exact) mass is 295 g/mol. The van der Waals surface area contributed by atoms with Gasteiger partial charge >= 0.3 is 0 Å². The molecule has 6 heteroatoms. The third kappa shape index (κ3) is 3.28. The van der Waals surface area contributed by atoms with Gasteiger partial charge in [0.1, 0.15) is 5.82 Å². The van der Waals surface area contributed by atoms with Gasteiger partial charge in [-0.2, -0.15) is 16.7 Å². The number of hydrogen-bond donors (Lipinski definition) is 2. The van der Waals surface area contributed by atoms with Crippen molar-refractivity contribution in [2.24, 2.45) is 5.92 Å². The molecule has 0 amide bonds. The largest absolute Gasteiger partial charge is 0.340 e. The summed E-state index contributed by atoms with van der Waals surface area (Å²) in [6.07, 6.45) is 5.04. The van der Waals surface area contributed by atoms with Crippen molar-refractivity contribution in [2.75, 3.05) is 36.8 Å². The highest BCUT2D eigenvalue weighted by molar-refractivity contribution is 7.99. The molecule has 1 aromatic heterocycles. The number of anilines is 1. The van der Waals surface area contributed by atoms with Crippen molar-refractivity contribution in [1.29, 1.82) is 0 Å². The van der Waals surface area contributed by atoms with Gasteiger partial charge in [-0.1, -0.05) is 6.92 Å². The first-order valence-electron chi connectivity index (χ1n) is 7.86. The molecule has 112 valence electrons. The van der Waals surface area contributed by atoms with Gasteiger partial charge in [-0.05, 0) is 50.4 Å². The van der Waals surface area contributed by atoms with Crippen LogP contribution in [0.5, 0.6) is 0 Å². The molecule has 0 radical (unpaired) electrons. The van der Waals surface area contributed by atoms with Crippen LogP contribution in [-0.4, -0.2) is 47.1 Å². The number of nitrogens with zero attached hydrogens (tertiary/aromatic N) is 3. The highest BCUT2D eigenvalue weighted by Crippen LogP contribution is 2.38. The van der Waals surface area contributed by atoms with Crippen LogP contribution in [0.4, 0.5) is 5.95 Å². The molecule has 1 atom stereocenters. The topological polar surface area (TPSA) is 56.8 Å². The molecule has 2 aliphatic rings. The quantitative estimate of drug-likeness (QED) is 0.872. The number of nitrogens with one attached hydrogen (secondary N) is 2. The lowest BCUT2D eigenvalue weighted by molar-refractivity contribution is 0.384. The molecule has 2 saturated heterocycles. The summed E-state index contributed by atoms with van der Waals surface area (Å²) in [7, 11) is 0. The second-order valence-electron chi connectivity index (χ2n) is 5.76. The third-order valence-corrected chi connectivity index (χ3v) is 5.69. The molecule has 0 aliphatic carbocycles. The highest BCUT2D eigenvalue weighted by Gasteiger charge is 2.25. The zero-order valence-corrected chi connectivity index (χ0v) is 13.1. The summed E-state index contributed by atoms with van der Waals surface area (Å²) in [6, 6.07) is 0. The number of aromatic amines is 1. The zero-order chi connectivity index (χ0) is 13.8. The van der Waals surface area contributed by atoms with E-state index in [9.17, 15) is 0 Å². The first-order chi connectivity index (χ1) is 9.86. The van der Waals surface area contributed by atoms with E-state index in [0.717, 1.165) is 43.9 Å². The van der Waals surface area contributed by atoms with E-state index >= 15 is 0 Å². The number of rotatable bonds is 5. The molecule has 3 rings (SSSR count). The lowest BCUT2D eigenvalue weighted by Crippen LogP contribution is -2.37. The van der Waals surface area contributed by atoms with Crippen LogP contribution in [0.1, 0.15) is 43.7 Å². The molecule has 0 aromatic carbocycles. The van der Waals surface area contributed by atoms with Crippen LogP contribution in [-0.2, 0) is 0 Å². The van der Waals surface area contributed by atoms with Gasteiger partial charge in [0.25, 0.3) is 0 Å². The minimum atomic E-state index is 0.544. The Balaban J connectivity index is 1.52. The summed E-state index contributed by atoms with van der Waals surface area (Å²) in [6.45, 7) is 6.58. The lowest BCUT2D eigenvalue weighted by Gasteiger charge is -2.31. The van der Waals surface area contributed by atoms with Crippen LogP contribution in [0, 0.1) is 5.92 Å². The number of hydrogen-bond acceptors (Lipinski definition) is 5. The summed E-state index contributed by atoms with van der Waals surface area (Å²) >= 11 is 2.00. The van der Waals surface area contributed by atoms with E-state index in [1.807, 2.05) is 11.8 Å². The molecular formula is C14H25N5S. The molecule has 20 heavy (non-hydrogen) atoms. The maximum Gasteiger partial charge on any atom is 0.244 e. The predicted octanol–water partition coefficient (Wildman–Crippen LogP) is 2.20. The molecule has 1 aromatic rings. The van der Waals surface area contributed by atoms with Crippen LogP contribution in [0.15, 0.2) is 0 Å². The van der Waals surface area contributed by atoms with Gasteiger partial charge < -0.3 is 10.2 Å². The third-order valence-electron chi connectivity index (χ3n) is 4.31. The Hall–Kier alpha value is -0.750. The first-order valence-corrected chi connectivity index (χ1v) is 8.91. The average molecular weight is 295 g/mol. The maximum atomic E-state index is 4.73. The first kappa shape index (κ1) is 14.2. The van der Waals surface area contributed by atoms with Crippen molar-refractivity contribution >= 4 is 17.7 Å². The fraction of sp³-hybridized carbons (Fsp3) is 0.857. The molecule has 0 saturated carbocycles. The molecule has 2 N–H and O–H groups in total. The van der Waals surface area contributed by atoms with E-state index in [1.54, 1.807) is 0 Å². The SMILES string of the molecule is CCNCC1CCN(c2n[nH]c(C3CCCS3)n2)CC1. The van der Waals surface area contributed by atoms with Crippen LogP contribution in [0.2, 0.25) is 0 Å². The van der Waals surface area contributed by atoms with Crippen molar-refractivity contribution in [3.63, 3.8) is 0 Å². The second-order valence-corrected chi connectivity index (χ2v) is 7.07. The van der Waals surface area contributed by atoms with E-state index in [1.165, 1.54) is 31.4 Å². The molecular weight excluding hydrogens is 270 g/mol. The van der Waals surface area contributed by atoms with E-state index < -0.39 is 0 Å². The van der Waals surface area contributed by atoms with Crippen LogP contribution in [0.3, 0.4) is 0 Å². The maximum absolute atomic E-state index is 4.73. The smallest absolute Gasteiger partial charge is 0.244 e. The molecule has 2 aliphatic heterocycles. The lowest BCUT2D eigenvalue weighted by atomic mass is 9.97. The number of H-pyrrole nitrogens is 1. The molecule has 1 unspecified atom stereocenters. The molecule has 3 heterocycles. The van der Waals surface area contributed by atoms with Gasteiger partial charge in [-0.3, -0.25) is 5.10 Å². The van der Waals surface area contributed by atoms with Crippen molar-refractivity contribution in [2.45, 2.75) is 37.9 Å². The Morgan fingerprint density at radius 3 is 2.90 bits per heavy atom. The number of aromatic nitrogens is 3. The number of piperidine rings is 1. The predicted molar refractivity (Wildman–Crippen MR) is 84.3 cm³/mol. The normalized spacial score (nSPS) is 24.4.